The van der Waals surface area contributed by atoms with Gasteiger partial charge in [0, 0.05) is 29.1 Å². The Kier molecular flexibility index (Phi) is 5.51. The number of carbonyl (C=O) groups excluding carboxylic acids is 2. The molecule has 0 fully saturated rings. The van der Waals surface area contributed by atoms with Gasteiger partial charge in [-0.15, -0.1) is 0 Å². The molecule has 27 heavy (non-hydrogen) atoms. The Morgan fingerprint density at radius 1 is 1.11 bits per heavy atom. The Morgan fingerprint density at radius 3 is 2.44 bits per heavy atom. The topological polar surface area (TPSA) is 71.3 Å². The van der Waals surface area contributed by atoms with Crippen LogP contribution in [0.25, 0.3) is 11.0 Å². The molecule has 3 rings (SSSR count). The lowest BCUT2D eigenvalue weighted by atomic mass is 10.1. The second-order valence-corrected chi connectivity index (χ2v) is 7.10. The number of hydrogen-bond acceptors (Lipinski definition) is 3. The van der Waals surface area contributed by atoms with Crippen molar-refractivity contribution in [1.29, 1.82) is 0 Å². The van der Waals surface area contributed by atoms with Gasteiger partial charge in [-0.2, -0.15) is 0 Å². The van der Waals surface area contributed by atoms with Gasteiger partial charge in [-0.25, -0.2) is 0 Å². The number of halogens is 1. The molecular formula is C21H21ClN2O3. The summed E-state index contributed by atoms with van der Waals surface area (Å²) in [5, 5.41) is 7.00. The van der Waals surface area contributed by atoms with Crippen LogP contribution in [-0.2, 0) is 11.3 Å². The lowest BCUT2D eigenvalue weighted by Gasteiger charge is -2.09. The summed E-state index contributed by atoms with van der Waals surface area (Å²) in [4.78, 5) is 24.2. The first-order chi connectivity index (χ1) is 12.9. The van der Waals surface area contributed by atoms with E-state index in [1.165, 1.54) is 0 Å². The number of para-hydroxylation sites is 1. The molecule has 1 aromatic heterocycles. The van der Waals surface area contributed by atoms with Crippen LogP contribution in [0.15, 0.2) is 46.9 Å². The summed E-state index contributed by atoms with van der Waals surface area (Å²) in [7, 11) is 0. The van der Waals surface area contributed by atoms with E-state index in [1.807, 2.05) is 57.2 Å². The maximum atomic E-state index is 12.5. The lowest BCUT2D eigenvalue weighted by Crippen LogP contribution is -2.23. The van der Waals surface area contributed by atoms with Crippen molar-refractivity contribution >= 4 is 40.1 Å². The molecule has 0 bridgehead atoms. The van der Waals surface area contributed by atoms with Crippen molar-refractivity contribution < 1.29 is 14.0 Å². The molecule has 140 valence electrons. The van der Waals surface area contributed by atoms with Gasteiger partial charge < -0.3 is 15.1 Å². The van der Waals surface area contributed by atoms with Crippen molar-refractivity contribution in [3.63, 3.8) is 0 Å². The first kappa shape index (κ1) is 19.0. The quantitative estimate of drug-likeness (QED) is 0.655. The van der Waals surface area contributed by atoms with Crippen LogP contribution in [0.3, 0.4) is 0 Å². The van der Waals surface area contributed by atoms with Gasteiger partial charge in [0.15, 0.2) is 11.3 Å². The zero-order valence-corrected chi connectivity index (χ0v) is 16.2. The van der Waals surface area contributed by atoms with Crippen molar-refractivity contribution in [2.75, 3.05) is 5.32 Å². The van der Waals surface area contributed by atoms with Crippen molar-refractivity contribution in [2.24, 2.45) is 5.92 Å². The zero-order valence-electron chi connectivity index (χ0n) is 15.4. The molecule has 0 spiro atoms. The van der Waals surface area contributed by atoms with Crippen LogP contribution in [0, 0.1) is 12.8 Å². The van der Waals surface area contributed by atoms with E-state index in [9.17, 15) is 9.59 Å². The minimum absolute atomic E-state index is 0.0323. The number of furan rings is 1. The number of fused-ring (bicyclic) bond motifs is 1. The number of carbonyl (C=O) groups is 2. The molecule has 0 aliphatic rings. The maximum Gasteiger partial charge on any atom is 0.287 e. The normalized spacial score (nSPS) is 11.0. The van der Waals surface area contributed by atoms with Gasteiger partial charge in [-0.05, 0) is 30.7 Å². The Morgan fingerprint density at radius 2 is 1.81 bits per heavy atom. The van der Waals surface area contributed by atoms with Gasteiger partial charge in [0.05, 0.1) is 5.02 Å². The molecule has 5 nitrogen and oxygen atoms in total. The second-order valence-electron chi connectivity index (χ2n) is 6.70. The monoisotopic (exact) mass is 384 g/mol. The number of hydrogen-bond donors (Lipinski definition) is 2. The predicted octanol–water partition coefficient (Wildman–Crippen LogP) is 4.92. The summed E-state index contributed by atoms with van der Waals surface area (Å²) >= 11 is 6.13. The van der Waals surface area contributed by atoms with Gasteiger partial charge in [-0.1, -0.05) is 49.7 Å². The van der Waals surface area contributed by atoms with Gasteiger partial charge in [-0.3, -0.25) is 9.59 Å². The number of anilines is 1. The average Bonchev–Trinajstić information content (AvgIpc) is 2.99. The van der Waals surface area contributed by atoms with Gasteiger partial charge in [0.25, 0.3) is 5.91 Å². The number of amides is 2. The predicted molar refractivity (Wildman–Crippen MR) is 107 cm³/mol. The van der Waals surface area contributed by atoms with Crippen molar-refractivity contribution in [3.8, 4) is 0 Å². The summed E-state index contributed by atoms with van der Waals surface area (Å²) in [5.74, 6) is -0.143. The van der Waals surface area contributed by atoms with E-state index < -0.39 is 0 Å². The zero-order chi connectivity index (χ0) is 19.6. The number of nitrogens with one attached hydrogen (secondary N) is 2. The number of rotatable bonds is 5. The Balaban J connectivity index is 1.67. The van der Waals surface area contributed by atoms with Crippen molar-refractivity contribution in [3.05, 3.63) is 64.4 Å². The minimum Gasteiger partial charge on any atom is -0.449 e. The molecule has 0 atom stereocenters. The molecule has 6 heteroatoms. The average molecular weight is 385 g/mol. The number of aryl methyl sites for hydroxylation is 1. The molecule has 0 aliphatic carbocycles. The molecule has 0 saturated carbocycles. The van der Waals surface area contributed by atoms with E-state index >= 15 is 0 Å². The fraction of sp³-hybridized carbons (Fsp3) is 0.238. The van der Waals surface area contributed by atoms with E-state index in [-0.39, 0.29) is 23.5 Å². The molecule has 2 amide bonds. The molecule has 2 N–H and O–H groups in total. The third-order valence-electron chi connectivity index (χ3n) is 4.32. The third-order valence-corrected chi connectivity index (χ3v) is 4.62. The highest BCUT2D eigenvalue weighted by Gasteiger charge is 2.18. The van der Waals surface area contributed by atoms with Crippen LogP contribution in [0.2, 0.25) is 5.02 Å². The Labute approximate surface area is 162 Å². The first-order valence-electron chi connectivity index (χ1n) is 8.72. The molecule has 0 saturated heterocycles. The van der Waals surface area contributed by atoms with E-state index in [0.717, 1.165) is 22.2 Å². The highest BCUT2D eigenvalue weighted by atomic mass is 35.5. The summed E-state index contributed by atoms with van der Waals surface area (Å²) in [5.41, 5.74) is 2.92. The summed E-state index contributed by atoms with van der Waals surface area (Å²) in [6, 6.07) is 12.8. The van der Waals surface area contributed by atoms with Crippen LogP contribution in [-0.4, -0.2) is 11.8 Å². The van der Waals surface area contributed by atoms with Crippen LogP contribution in [0.1, 0.15) is 35.5 Å². The number of benzene rings is 2. The molecule has 2 aromatic carbocycles. The van der Waals surface area contributed by atoms with Gasteiger partial charge in [0.2, 0.25) is 5.91 Å². The summed E-state index contributed by atoms with van der Waals surface area (Å²) < 4.78 is 5.67. The van der Waals surface area contributed by atoms with Crippen LogP contribution >= 0.6 is 11.6 Å². The largest absolute Gasteiger partial charge is 0.449 e. The van der Waals surface area contributed by atoms with Crippen LogP contribution < -0.4 is 10.6 Å². The second kappa shape index (κ2) is 7.84. The molecule has 0 unspecified atom stereocenters. The highest BCUT2D eigenvalue weighted by Crippen LogP contribution is 2.30. The summed E-state index contributed by atoms with van der Waals surface area (Å²) in [6.07, 6.45) is 0. The molecule has 0 radical (unpaired) electrons. The third kappa shape index (κ3) is 4.14. The fourth-order valence-electron chi connectivity index (χ4n) is 2.68. The van der Waals surface area contributed by atoms with Crippen LogP contribution in [0.5, 0.6) is 0 Å². The van der Waals surface area contributed by atoms with E-state index in [1.54, 1.807) is 6.07 Å². The fourth-order valence-corrected chi connectivity index (χ4v) is 2.89. The standard InChI is InChI=1S/C21H21ClN2O3/c1-12(2)20(25)24-15-9-7-14(8-10-15)11-23-21(26)18-13(3)16-5-4-6-17(22)19(16)27-18/h4-10,12H,11H2,1-3H3,(H,23,26)(H,24,25). The van der Waals surface area contributed by atoms with Gasteiger partial charge >= 0.3 is 0 Å². The molecule has 3 aromatic rings. The lowest BCUT2D eigenvalue weighted by molar-refractivity contribution is -0.118. The smallest absolute Gasteiger partial charge is 0.287 e. The first-order valence-corrected chi connectivity index (χ1v) is 9.10. The Bertz CT molecular complexity index is 991. The summed E-state index contributed by atoms with van der Waals surface area (Å²) in [6.45, 7) is 5.86. The van der Waals surface area contributed by atoms with Crippen molar-refractivity contribution in [1.82, 2.24) is 5.32 Å². The SMILES string of the molecule is Cc1c(C(=O)NCc2ccc(NC(=O)C(C)C)cc2)oc2c(Cl)cccc12. The van der Waals surface area contributed by atoms with E-state index in [0.29, 0.717) is 17.2 Å². The van der Waals surface area contributed by atoms with Crippen LogP contribution in [0.4, 0.5) is 5.69 Å². The minimum atomic E-state index is -0.294. The Hall–Kier alpha value is -2.79. The maximum absolute atomic E-state index is 12.5. The van der Waals surface area contributed by atoms with E-state index in [4.69, 9.17) is 16.0 Å². The molecule has 0 aliphatic heterocycles. The van der Waals surface area contributed by atoms with Crippen molar-refractivity contribution in [2.45, 2.75) is 27.3 Å². The van der Waals surface area contributed by atoms with Gasteiger partial charge in [0.1, 0.15) is 0 Å². The molecule has 1 heterocycles. The van der Waals surface area contributed by atoms with E-state index in [2.05, 4.69) is 10.6 Å². The molecular weight excluding hydrogens is 364 g/mol. The highest BCUT2D eigenvalue weighted by molar-refractivity contribution is 6.35.